The number of anilines is 1. The zero-order valence-electron chi connectivity index (χ0n) is 16.3. The van der Waals surface area contributed by atoms with Crippen LogP contribution in [0.3, 0.4) is 0 Å². The third-order valence-electron chi connectivity index (χ3n) is 4.47. The van der Waals surface area contributed by atoms with Crippen molar-refractivity contribution in [3.05, 3.63) is 69.3 Å². The Morgan fingerprint density at radius 2 is 1.73 bits per heavy atom. The molecule has 6 nitrogen and oxygen atoms in total. The fourth-order valence-corrected chi connectivity index (χ4v) is 4.35. The average Bonchev–Trinajstić information content (AvgIpc) is 2.99. The molecule has 3 aromatic rings. The van der Waals surface area contributed by atoms with Crippen molar-refractivity contribution in [2.45, 2.75) is 4.90 Å². The maximum absolute atomic E-state index is 9.22. The highest BCUT2D eigenvalue weighted by Gasteiger charge is 2.23. The van der Waals surface area contributed by atoms with Gasteiger partial charge in [-0.3, -0.25) is 4.18 Å². The zero-order chi connectivity index (χ0) is 22.1. The molecule has 0 spiro atoms. The predicted octanol–water partition coefficient (Wildman–Crippen LogP) is 4.60. The highest BCUT2D eigenvalue weighted by atomic mass is 35.5. The second kappa shape index (κ2) is 9.13. The number of nitrogens with zero attached hydrogens (tertiary/aromatic N) is 2. The Hall–Kier alpha value is -1.81. The van der Waals surface area contributed by atoms with Crippen LogP contribution in [0, 0.1) is 0 Å². The van der Waals surface area contributed by atoms with E-state index in [1.54, 1.807) is 11.8 Å². The van der Waals surface area contributed by atoms with Gasteiger partial charge in [-0.15, -0.1) is 0 Å². The molecule has 10 heteroatoms. The molecule has 0 unspecified atom stereocenters. The van der Waals surface area contributed by atoms with Crippen LogP contribution in [0.25, 0.3) is 17.0 Å². The van der Waals surface area contributed by atoms with E-state index < -0.39 is 10.4 Å². The van der Waals surface area contributed by atoms with E-state index in [-0.39, 0.29) is 0 Å². The molecule has 1 aromatic heterocycles. The number of thioether (sulfide) groups is 1. The predicted molar refractivity (Wildman–Crippen MR) is 121 cm³/mol. The maximum atomic E-state index is 9.22. The summed E-state index contributed by atoms with van der Waals surface area (Å²) in [5.41, 5.74) is 3.44. The fourth-order valence-electron chi connectivity index (χ4n) is 2.93. The zero-order valence-corrected chi connectivity index (χ0v) is 19.4. The molecule has 0 radical (unpaired) electrons. The number of aromatic nitrogens is 1. The van der Waals surface area contributed by atoms with E-state index in [1.165, 1.54) is 9.92 Å². The molecule has 0 bridgehead atoms. The van der Waals surface area contributed by atoms with Gasteiger partial charge in [-0.25, -0.2) is 8.42 Å². The van der Waals surface area contributed by atoms with Crippen LogP contribution in [-0.2, 0) is 21.6 Å². The summed E-state index contributed by atoms with van der Waals surface area (Å²) < 4.78 is 33.2. The van der Waals surface area contributed by atoms with Crippen molar-refractivity contribution in [1.29, 1.82) is 0 Å². The number of benzene rings is 2. The minimum absolute atomic E-state index is 0.756. The molecular weight excluding hydrogens is 467 g/mol. The van der Waals surface area contributed by atoms with Crippen LogP contribution in [0.2, 0.25) is 10.0 Å². The molecule has 0 saturated carbocycles. The largest absolute Gasteiger partial charge is 0.726 e. The molecule has 0 saturated heterocycles. The molecule has 0 N–H and O–H groups in total. The molecule has 2 aromatic carbocycles. The second-order valence-corrected chi connectivity index (χ2v) is 9.44. The average molecular weight is 485 g/mol. The molecule has 0 amide bonds. The lowest BCUT2D eigenvalue weighted by atomic mass is 10.2. The lowest BCUT2D eigenvalue weighted by Gasteiger charge is -2.13. The summed E-state index contributed by atoms with van der Waals surface area (Å²) in [4.78, 5) is 3.40. The van der Waals surface area contributed by atoms with Crippen molar-refractivity contribution in [3.8, 4) is 0 Å². The maximum Gasteiger partial charge on any atom is 0.217 e. The topological polar surface area (TPSA) is 73.5 Å². The van der Waals surface area contributed by atoms with E-state index in [0.717, 1.165) is 39.4 Å². The van der Waals surface area contributed by atoms with Crippen molar-refractivity contribution in [2.75, 3.05) is 19.1 Å². The van der Waals surface area contributed by atoms with Gasteiger partial charge < -0.3 is 9.45 Å². The Morgan fingerprint density at radius 3 is 2.40 bits per heavy atom. The molecule has 1 aliphatic rings. The SMILES string of the molecule is CN1/C(=C/c2ccc3cc(Cl)ccc3[n+]2C)Sc2ccc(Cl)cc21.COS(=O)(=O)[O-]. The Kier molecular flexibility index (Phi) is 6.96. The van der Waals surface area contributed by atoms with Crippen LogP contribution >= 0.6 is 35.0 Å². The third kappa shape index (κ3) is 5.26. The lowest BCUT2D eigenvalue weighted by Crippen LogP contribution is -2.33. The fraction of sp³-hybridized carbons (Fsp3) is 0.150. The Labute approximate surface area is 189 Å². The van der Waals surface area contributed by atoms with Crippen molar-refractivity contribution in [2.24, 2.45) is 7.05 Å². The number of halogens is 2. The normalized spacial score (nSPS) is 14.6. The molecule has 0 atom stereocenters. The van der Waals surface area contributed by atoms with Crippen LogP contribution < -0.4 is 9.47 Å². The van der Waals surface area contributed by atoms with Gasteiger partial charge in [0.1, 0.15) is 7.05 Å². The van der Waals surface area contributed by atoms with Crippen LogP contribution in [0.4, 0.5) is 5.69 Å². The van der Waals surface area contributed by atoms with E-state index in [1.807, 2.05) is 24.3 Å². The molecule has 30 heavy (non-hydrogen) atoms. The number of hydrogen-bond acceptors (Lipinski definition) is 6. The van der Waals surface area contributed by atoms with Crippen LogP contribution in [0.5, 0.6) is 0 Å². The molecule has 4 rings (SSSR count). The second-order valence-electron chi connectivity index (χ2n) is 6.35. The Bertz CT molecular complexity index is 1250. The van der Waals surface area contributed by atoms with E-state index in [4.69, 9.17) is 23.2 Å². The van der Waals surface area contributed by atoms with Crippen LogP contribution in [0.1, 0.15) is 5.69 Å². The van der Waals surface area contributed by atoms with Gasteiger partial charge in [0.2, 0.25) is 21.6 Å². The first-order valence-corrected chi connectivity index (χ1v) is 11.5. The number of pyridine rings is 1. The molecule has 0 aliphatic carbocycles. The minimum Gasteiger partial charge on any atom is -0.726 e. The quantitative estimate of drug-likeness (QED) is 0.300. The first-order chi connectivity index (χ1) is 14.1. The number of aryl methyl sites for hydroxylation is 1. The van der Waals surface area contributed by atoms with Crippen molar-refractivity contribution >= 4 is 68.0 Å². The summed E-state index contributed by atoms with van der Waals surface area (Å²) in [7, 11) is 0.543. The first-order valence-electron chi connectivity index (χ1n) is 8.61. The standard InChI is InChI=1S/C19H15Cl2N2S.CH4O4S/c1-22-15(6-3-12-9-13(20)4-7-16(12)22)11-19-23(2)17-10-14(21)5-8-18(17)24-19;1-5-6(2,3)4/h3-11H,1-2H3;1H3,(H,2,3,4)/q+1;/p-1. The molecule has 1 aliphatic heterocycles. The molecule has 158 valence electrons. The number of hydrogen-bond donors (Lipinski definition) is 0. The lowest BCUT2D eigenvalue weighted by molar-refractivity contribution is -0.646. The van der Waals surface area contributed by atoms with Crippen molar-refractivity contribution < 1.29 is 21.7 Å². The Balaban J connectivity index is 0.000000377. The van der Waals surface area contributed by atoms with Gasteiger partial charge in [-0.05, 0) is 36.4 Å². The molecule has 2 heterocycles. The summed E-state index contributed by atoms with van der Waals surface area (Å²) in [6, 6.07) is 16.2. The minimum atomic E-state index is -4.41. The van der Waals surface area contributed by atoms with Gasteiger partial charge in [-0.1, -0.05) is 35.0 Å². The number of fused-ring (bicyclic) bond motifs is 2. The van der Waals surface area contributed by atoms with E-state index in [0.29, 0.717) is 0 Å². The molecule has 0 fully saturated rings. The summed E-state index contributed by atoms with van der Waals surface area (Å²) in [5.74, 6) is 0. The summed E-state index contributed by atoms with van der Waals surface area (Å²) >= 11 is 14.0. The van der Waals surface area contributed by atoms with E-state index in [9.17, 15) is 13.0 Å². The van der Waals surface area contributed by atoms with Gasteiger partial charge >= 0.3 is 0 Å². The van der Waals surface area contributed by atoms with Crippen molar-refractivity contribution in [3.63, 3.8) is 0 Å². The van der Waals surface area contributed by atoms with Gasteiger partial charge in [0.25, 0.3) is 0 Å². The first kappa shape index (κ1) is 22.9. The summed E-state index contributed by atoms with van der Waals surface area (Å²) in [6.45, 7) is 0. The van der Waals surface area contributed by atoms with Crippen molar-refractivity contribution in [1.82, 2.24) is 0 Å². The van der Waals surface area contributed by atoms with Gasteiger partial charge in [-0.2, -0.15) is 4.57 Å². The molecular formula is C20H18Cl2N2O4S2. The number of rotatable bonds is 2. The highest BCUT2D eigenvalue weighted by Crippen LogP contribution is 2.46. The third-order valence-corrected chi connectivity index (χ3v) is 6.52. The Morgan fingerprint density at radius 1 is 1.10 bits per heavy atom. The van der Waals surface area contributed by atoms with Gasteiger partial charge in [0.15, 0.2) is 0 Å². The summed E-state index contributed by atoms with van der Waals surface area (Å²) in [5, 5.41) is 3.83. The monoisotopic (exact) mass is 484 g/mol. The smallest absolute Gasteiger partial charge is 0.217 e. The van der Waals surface area contributed by atoms with E-state index in [2.05, 4.69) is 58.1 Å². The van der Waals surface area contributed by atoms with Crippen LogP contribution in [-0.4, -0.2) is 27.1 Å². The van der Waals surface area contributed by atoms with Gasteiger partial charge in [0.05, 0.1) is 17.8 Å². The highest BCUT2D eigenvalue weighted by molar-refractivity contribution is 8.03. The van der Waals surface area contributed by atoms with E-state index >= 15 is 0 Å². The van der Waals surface area contributed by atoms with Crippen LogP contribution in [0.15, 0.2) is 58.5 Å². The van der Waals surface area contributed by atoms with Gasteiger partial charge in [0, 0.05) is 45.6 Å². The summed E-state index contributed by atoms with van der Waals surface area (Å²) in [6.07, 6.45) is 2.20.